The number of carbonyl (C=O) groups is 1. The van der Waals surface area contributed by atoms with Crippen molar-refractivity contribution in [2.24, 2.45) is 0 Å². The largest absolute Gasteiger partial charge is 0.293 e. The van der Waals surface area contributed by atoms with Gasteiger partial charge in [0.1, 0.15) is 0 Å². The maximum absolute atomic E-state index is 12.0. The SMILES string of the molecule is CCCCC(Cl)C(=O)c1cc([N+](=O)[O-])cc([N+](=O)[O-])c1. The highest BCUT2D eigenvalue weighted by Gasteiger charge is 2.23. The van der Waals surface area contributed by atoms with Crippen molar-refractivity contribution in [3.8, 4) is 0 Å². The summed E-state index contributed by atoms with van der Waals surface area (Å²) in [5.74, 6) is -0.535. The molecule has 0 fully saturated rings. The number of hydrogen-bond acceptors (Lipinski definition) is 5. The molecule has 1 aromatic carbocycles. The summed E-state index contributed by atoms with van der Waals surface area (Å²) in [6.07, 6.45) is 2.01. The van der Waals surface area contributed by atoms with Crippen LogP contribution in [0.15, 0.2) is 18.2 Å². The van der Waals surface area contributed by atoms with Crippen LogP contribution in [0.1, 0.15) is 36.5 Å². The van der Waals surface area contributed by atoms with Gasteiger partial charge in [-0.15, -0.1) is 11.6 Å². The van der Waals surface area contributed by atoms with Crippen LogP contribution >= 0.6 is 11.6 Å². The first-order valence-electron chi connectivity index (χ1n) is 5.99. The summed E-state index contributed by atoms with van der Waals surface area (Å²) in [4.78, 5) is 31.9. The number of alkyl halides is 1. The van der Waals surface area contributed by atoms with Gasteiger partial charge in [-0.2, -0.15) is 0 Å². The Bertz CT molecular complexity index is 514. The van der Waals surface area contributed by atoms with Crippen LogP contribution in [0.25, 0.3) is 0 Å². The summed E-state index contributed by atoms with van der Waals surface area (Å²) >= 11 is 5.92. The Kier molecular flexibility index (Phi) is 5.57. The van der Waals surface area contributed by atoms with Gasteiger partial charge in [-0.05, 0) is 6.42 Å². The topological polar surface area (TPSA) is 103 Å². The highest BCUT2D eigenvalue weighted by Crippen LogP contribution is 2.25. The Hall–Kier alpha value is -2.02. The van der Waals surface area contributed by atoms with Crippen LogP contribution in [-0.2, 0) is 0 Å². The lowest BCUT2D eigenvalue weighted by atomic mass is 10.0. The number of non-ortho nitro benzene ring substituents is 2. The van der Waals surface area contributed by atoms with Gasteiger partial charge in [0.05, 0.1) is 21.3 Å². The highest BCUT2D eigenvalue weighted by molar-refractivity contribution is 6.34. The molecular weight excluding hydrogens is 288 g/mol. The van der Waals surface area contributed by atoms with E-state index in [0.29, 0.717) is 6.42 Å². The minimum absolute atomic E-state index is 0.109. The molecular formula is C12H13ClN2O5. The first-order chi connectivity index (χ1) is 9.36. The average molecular weight is 301 g/mol. The van der Waals surface area contributed by atoms with Gasteiger partial charge in [-0.1, -0.05) is 19.8 Å². The molecule has 0 aromatic heterocycles. The van der Waals surface area contributed by atoms with E-state index in [1.54, 1.807) is 0 Å². The smallest absolute Gasteiger partial charge is 0.277 e. The van der Waals surface area contributed by atoms with E-state index >= 15 is 0 Å². The van der Waals surface area contributed by atoms with Crippen LogP contribution in [0.2, 0.25) is 0 Å². The van der Waals surface area contributed by atoms with Gasteiger partial charge < -0.3 is 0 Å². The van der Waals surface area contributed by atoms with E-state index in [0.717, 1.165) is 31.0 Å². The average Bonchev–Trinajstić information content (AvgIpc) is 2.43. The molecule has 0 N–H and O–H groups in total. The third-order valence-electron chi connectivity index (χ3n) is 2.70. The number of hydrogen-bond donors (Lipinski definition) is 0. The maximum atomic E-state index is 12.0. The molecule has 1 rings (SSSR count). The molecule has 0 radical (unpaired) electrons. The predicted molar refractivity (Wildman–Crippen MR) is 73.2 cm³/mol. The number of nitro benzene ring substituents is 2. The number of carbonyl (C=O) groups excluding carboxylic acids is 1. The summed E-state index contributed by atoms with van der Waals surface area (Å²) in [6, 6.07) is 2.83. The number of halogens is 1. The van der Waals surface area contributed by atoms with Crippen molar-refractivity contribution in [2.75, 3.05) is 0 Å². The van der Waals surface area contributed by atoms with E-state index < -0.39 is 32.4 Å². The van der Waals surface area contributed by atoms with Gasteiger partial charge in [0, 0.05) is 17.7 Å². The van der Waals surface area contributed by atoms with E-state index in [2.05, 4.69) is 0 Å². The van der Waals surface area contributed by atoms with Crippen LogP contribution in [0.4, 0.5) is 11.4 Å². The molecule has 0 saturated carbocycles. The molecule has 0 aliphatic carbocycles. The first-order valence-corrected chi connectivity index (χ1v) is 6.42. The number of nitrogens with zero attached hydrogens (tertiary/aromatic N) is 2. The number of rotatable bonds is 7. The Balaban J connectivity index is 3.13. The van der Waals surface area contributed by atoms with Crippen molar-refractivity contribution in [3.05, 3.63) is 44.0 Å². The predicted octanol–water partition coefficient (Wildman–Crippen LogP) is 3.48. The molecule has 20 heavy (non-hydrogen) atoms. The quantitative estimate of drug-likeness (QED) is 0.332. The van der Waals surface area contributed by atoms with Gasteiger partial charge >= 0.3 is 0 Å². The van der Waals surface area contributed by atoms with Crippen molar-refractivity contribution in [1.29, 1.82) is 0 Å². The standard InChI is InChI=1S/C12H13ClN2O5/c1-2-3-4-11(13)12(16)8-5-9(14(17)18)7-10(6-8)15(19)20/h5-7,11H,2-4H2,1H3. The van der Waals surface area contributed by atoms with Crippen molar-refractivity contribution in [2.45, 2.75) is 31.6 Å². The monoisotopic (exact) mass is 300 g/mol. The number of ketones is 1. The van der Waals surface area contributed by atoms with Crippen LogP contribution in [0.5, 0.6) is 0 Å². The molecule has 8 heteroatoms. The summed E-state index contributed by atoms with van der Waals surface area (Å²) in [5.41, 5.74) is -1.11. The second kappa shape index (κ2) is 6.95. The van der Waals surface area contributed by atoms with Gasteiger partial charge in [0.15, 0.2) is 5.78 Å². The van der Waals surface area contributed by atoms with E-state index in [9.17, 15) is 25.0 Å². The van der Waals surface area contributed by atoms with Gasteiger partial charge in [-0.3, -0.25) is 25.0 Å². The Morgan fingerprint density at radius 3 is 2.10 bits per heavy atom. The Morgan fingerprint density at radius 1 is 1.20 bits per heavy atom. The Morgan fingerprint density at radius 2 is 1.70 bits per heavy atom. The second-order valence-electron chi connectivity index (χ2n) is 4.23. The zero-order valence-electron chi connectivity index (χ0n) is 10.7. The summed E-state index contributed by atoms with van der Waals surface area (Å²) in [6.45, 7) is 1.94. The van der Waals surface area contributed by atoms with Gasteiger partial charge in [0.25, 0.3) is 11.4 Å². The van der Waals surface area contributed by atoms with Gasteiger partial charge in [-0.25, -0.2) is 0 Å². The van der Waals surface area contributed by atoms with Crippen LogP contribution in [0.3, 0.4) is 0 Å². The molecule has 108 valence electrons. The molecule has 1 aromatic rings. The highest BCUT2D eigenvalue weighted by atomic mass is 35.5. The number of unbranched alkanes of at least 4 members (excludes halogenated alkanes) is 1. The minimum Gasteiger partial charge on any atom is -0.293 e. The number of nitro groups is 2. The fraction of sp³-hybridized carbons (Fsp3) is 0.417. The summed E-state index contributed by atoms with van der Waals surface area (Å²) < 4.78 is 0. The molecule has 0 aliphatic heterocycles. The molecule has 7 nitrogen and oxygen atoms in total. The van der Waals surface area contributed by atoms with Gasteiger partial charge in [0.2, 0.25) is 0 Å². The van der Waals surface area contributed by atoms with E-state index in [1.807, 2.05) is 6.92 Å². The fourth-order valence-electron chi connectivity index (χ4n) is 1.64. The summed E-state index contributed by atoms with van der Waals surface area (Å²) in [5, 5.41) is 20.6. The number of benzene rings is 1. The molecule has 0 saturated heterocycles. The Labute approximate surface area is 119 Å². The first kappa shape index (κ1) is 16.0. The van der Waals surface area contributed by atoms with Crippen LogP contribution < -0.4 is 0 Å². The molecule has 1 unspecified atom stereocenters. The lowest BCUT2D eigenvalue weighted by Gasteiger charge is -2.07. The van der Waals surface area contributed by atoms with E-state index in [4.69, 9.17) is 11.6 Å². The lowest BCUT2D eigenvalue weighted by molar-refractivity contribution is -0.394. The third kappa shape index (κ3) is 3.99. The molecule has 0 heterocycles. The molecule has 0 aliphatic rings. The number of Topliss-reactive ketones (excluding diaryl/α,β-unsaturated/α-hetero) is 1. The van der Waals surface area contributed by atoms with E-state index in [-0.39, 0.29) is 5.56 Å². The zero-order chi connectivity index (χ0) is 15.3. The molecule has 0 spiro atoms. The molecule has 0 amide bonds. The third-order valence-corrected chi connectivity index (χ3v) is 3.12. The minimum atomic E-state index is -0.837. The van der Waals surface area contributed by atoms with Crippen molar-refractivity contribution >= 4 is 28.8 Å². The fourth-order valence-corrected chi connectivity index (χ4v) is 1.92. The van der Waals surface area contributed by atoms with Crippen molar-refractivity contribution < 1.29 is 14.6 Å². The van der Waals surface area contributed by atoms with Crippen molar-refractivity contribution in [1.82, 2.24) is 0 Å². The molecule has 1 atom stereocenters. The lowest BCUT2D eigenvalue weighted by Crippen LogP contribution is -2.15. The maximum Gasteiger partial charge on any atom is 0.277 e. The van der Waals surface area contributed by atoms with Crippen molar-refractivity contribution in [3.63, 3.8) is 0 Å². The summed E-state index contributed by atoms with van der Waals surface area (Å²) in [7, 11) is 0. The van der Waals surface area contributed by atoms with Crippen LogP contribution in [0, 0.1) is 20.2 Å². The normalized spacial score (nSPS) is 11.9. The van der Waals surface area contributed by atoms with E-state index in [1.165, 1.54) is 0 Å². The molecule has 0 bridgehead atoms. The zero-order valence-corrected chi connectivity index (χ0v) is 11.5. The van der Waals surface area contributed by atoms with Crippen LogP contribution in [-0.4, -0.2) is 21.0 Å². The second-order valence-corrected chi connectivity index (χ2v) is 4.75.